The Morgan fingerprint density at radius 1 is 1.17 bits per heavy atom. The van der Waals surface area contributed by atoms with Crippen LogP contribution in [-0.4, -0.2) is 70.4 Å². The van der Waals surface area contributed by atoms with Crippen molar-refractivity contribution in [2.45, 2.75) is 94.9 Å². The van der Waals surface area contributed by atoms with Crippen molar-refractivity contribution in [3.8, 4) is 0 Å². The molecule has 2 fully saturated rings. The lowest BCUT2D eigenvalue weighted by Crippen LogP contribution is -2.61. The zero-order valence-corrected chi connectivity index (χ0v) is 14.2. The average Bonchev–Trinajstić information content (AvgIpc) is 2.47. The molecule has 0 spiro atoms. The van der Waals surface area contributed by atoms with Crippen LogP contribution in [0.25, 0.3) is 0 Å². The first-order valence-corrected chi connectivity index (χ1v) is 8.47. The summed E-state index contributed by atoms with van der Waals surface area (Å²) in [5.74, 6) is 0. The van der Waals surface area contributed by atoms with Crippen LogP contribution in [0, 0.1) is 0 Å². The third kappa shape index (κ3) is 4.63. The van der Waals surface area contributed by atoms with Gasteiger partial charge in [0.1, 0.15) is 6.10 Å². The molecule has 2 rings (SSSR count). The van der Waals surface area contributed by atoms with Crippen molar-refractivity contribution in [3.05, 3.63) is 0 Å². The van der Waals surface area contributed by atoms with E-state index in [9.17, 15) is 15.3 Å². The van der Waals surface area contributed by atoms with Crippen LogP contribution in [0.2, 0.25) is 0 Å². The van der Waals surface area contributed by atoms with Gasteiger partial charge in [-0.1, -0.05) is 0 Å². The largest absolute Gasteiger partial charge is 0.394 e. The third-order valence-electron chi connectivity index (χ3n) is 4.93. The number of aliphatic hydroxyl groups is 3. The number of ether oxygens (including phenoxy) is 3. The molecule has 23 heavy (non-hydrogen) atoms. The van der Waals surface area contributed by atoms with Crippen molar-refractivity contribution >= 4 is 0 Å². The van der Waals surface area contributed by atoms with E-state index in [0.717, 1.165) is 12.8 Å². The van der Waals surface area contributed by atoms with Gasteiger partial charge in [-0.3, -0.25) is 0 Å². The molecule has 0 radical (unpaired) electrons. The van der Waals surface area contributed by atoms with Crippen molar-refractivity contribution in [2.24, 2.45) is 5.73 Å². The molecule has 0 saturated carbocycles. The lowest BCUT2D eigenvalue weighted by molar-refractivity contribution is -0.270. The van der Waals surface area contributed by atoms with Crippen molar-refractivity contribution < 1.29 is 29.5 Å². The van der Waals surface area contributed by atoms with Crippen LogP contribution < -0.4 is 5.73 Å². The van der Waals surface area contributed by atoms with Gasteiger partial charge < -0.3 is 35.3 Å². The summed E-state index contributed by atoms with van der Waals surface area (Å²) < 4.78 is 17.5. The Morgan fingerprint density at radius 2 is 1.87 bits per heavy atom. The molecular formula is C16H31NO6. The zero-order valence-electron chi connectivity index (χ0n) is 14.2. The highest BCUT2D eigenvalue weighted by molar-refractivity contribution is 4.95. The molecule has 5 N–H and O–H groups in total. The topological polar surface area (TPSA) is 114 Å². The lowest BCUT2D eigenvalue weighted by atomic mass is 9.86. The van der Waals surface area contributed by atoms with Crippen molar-refractivity contribution in [3.63, 3.8) is 0 Å². The van der Waals surface area contributed by atoms with Crippen molar-refractivity contribution in [2.75, 3.05) is 6.61 Å². The van der Waals surface area contributed by atoms with Crippen LogP contribution in [0.5, 0.6) is 0 Å². The Bertz CT molecular complexity index is 380. The molecule has 7 nitrogen and oxygen atoms in total. The van der Waals surface area contributed by atoms with Gasteiger partial charge in [0.05, 0.1) is 37.1 Å². The average molecular weight is 333 g/mol. The Morgan fingerprint density at radius 3 is 2.48 bits per heavy atom. The molecule has 2 heterocycles. The fourth-order valence-corrected chi connectivity index (χ4v) is 3.40. The summed E-state index contributed by atoms with van der Waals surface area (Å²) in [6, 6.07) is 0. The first-order chi connectivity index (χ1) is 10.7. The minimum absolute atomic E-state index is 0.209. The summed E-state index contributed by atoms with van der Waals surface area (Å²) in [5.41, 5.74) is 5.39. The first kappa shape index (κ1) is 19.1. The molecule has 0 bridgehead atoms. The SMILES string of the molecule is C[C@@H]1O[C@@H](O[C@@H]2CCC[C@H](O)[C@@H](CO)O[C@H]2C)C[C@](C)(N)[C@@H]1O. The molecule has 8 atom stereocenters. The summed E-state index contributed by atoms with van der Waals surface area (Å²) in [5, 5.41) is 29.4. The predicted molar refractivity (Wildman–Crippen MR) is 83.7 cm³/mol. The second-order valence-corrected chi connectivity index (χ2v) is 7.16. The summed E-state index contributed by atoms with van der Waals surface area (Å²) >= 11 is 0. The number of hydrogen-bond donors (Lipinski definition) is 4. The van der Waals surface area contributed by atoms with Gasteiger partial charge >= 0.3 is 0 Å². The van der Waals surface area contributed by atoms with Crippen LogP contribution >= 0.6 is 0 Å². The fourth-order valence-electron chi connectivity index (χ4n) is 3.40. The maximum absolute atomic E-state index is 10.1. The second kappa shape index (κ2) is 7.74. The van der Waals surface area contributed by atoms with E-state index >= 15 is 0 Å². The molecule has 0 aliphatic carbocycles. The van der Waals surface area contributed by atoms with Gasteiger partial charge in [0.25, 0.3) is 0 Å². The van der Waals surface area contributed by atoms with E-state index < -0.39 is 36.2 Å². The Balaban J connectivity index is 1.98. The molecule has 7 heteroatoms. The highest BCUT2D eigenvalue weighted by atomic mass is 16.7. The van der Waals surface area contributed by atoms with Gasteiger partial charge in [0.2, 0.25) is 0 Å². The highest BCUT2D eigenvalue weighted by Gasteiger charge is 2.43. The molecule has 0 amide bonds. The fraction of sp³-hybridized carbons (Fsp3) is 1.00. The third-order valence-corrected chi connectivity index (χ3v) is 4.93. The molecule has 2 saturated heterocycles. The van der Waals surface area contributed by atoms with Crippen molar-refractivity contribution in [1.82, 2.24) is 0 Å². The molecule has 0 unspecified atom stereocenters. The summed E-state index contributed by atoms with van der Waals surface area (Å²) in [6.45, 7) is 5.22. The molecular weight excluding hydrogens is 302 g/mol. The van der Waals surface area contributed by atoms with Gasteiger partial charge in [0.15, 0.2) is 6.29 Å². The van der Waals surface area contributed by atoms with Crippen LogP contribution in [0.3, 0.4) is 0 Å². The Kier molecular flexibility index (Phi) is 6.41. The Hall–Kier alpha value is -0.280. The van der Waals surface area contributed by atoms with E-state index in [1.54, 1.807) is 13.8 Å². The minimum Gasteiger partial charge on any atom is -0.394 e. The summed E-state index contributed by atoms with van der Waals surface area (Å²) in [7, 11) is 0. The molecule has 2 aliphatic heterocycles. The zero-order chi connectivity index (χ0) is 17.2. The van der Waals surface area contributed by atoms with E-state index in [1.807, 2.05) is 6.92 Å². The minimum atomic E-state index is -0.766. The maximum Gasteiger partial charge on any atom is 0.160 e. The van der Waals surface area contributed by atoms with E-state index in [0.29, 0.717) is 12.8 Å². The van der Waals surface area contributed by atoms with Gasteiger partial charge in [-0.25, -0.2) is 0 Å². The molecule has 0 aromatic rings. The van der Waals surface area contributed by atoms with Gasteiger partial charge in [0, 0.05) is 12.0 Å². The summed E-state index contributed by atoms with van der Waals surface area (Å²) in [4.78, 5) is 0. The van der Waals surface area contributed by atoms with Crippen LogP contribution in [0.15, 0.2) is 0 Å². The van der Waals surface area contributed by atoms with E-state index in [-0.39, 0.29) is 18.8 Å². The number of hydrogen-bond acceptors (Lipinski definition) is 7. The van der Waals surface area contributed by atoms with Crippen LogP contribution in [0.4, 0.5) is 0 Å². The van der Waals surface area contributed by atoms with E-state index in [2.05, 4.69) is 0 Å². The van der Waals surface area contributed by atoms with Gasteiger partial charge in [-0.15, -0.1) is 0 Å². The van der Waals surface area contributed by atoms with E-state index in [1.165, 1.54) is 0 Å². The first-order valence-electron chi connectivity index (χ1n) is 8.47. The number of nitrogens with two attached hydrogens (primary N) is 1. The lowest BCUT2D eigenvalue weighted by Gasteiger charge is -2.44. The smallest absolute Gasteiger partial charge is 0.160 e. The van der Waals surface area contributed by atoms with E-state index in [4.69, 9.17) is 19.9 Å². The summed E-state index contributed by atoms with van der Waals surface area (Å²) in [6.07, 6.45) is -0.910. The monoisotopic (exact) mass is 333 g/mol. The molecule has 0 aromatic heterocycles. The quantitative estimate of drug-likeness (QED) is 0.570. The standard InChI is InChI=1S/C16H31NO6/c1-9-12(6-4-5-11(19)13(8-18)21-9)23-14-7-16(3,17)15(20)10(2)22-14/h9-15,18-20H,4-8,17H2,1-3H3/t9-,10-,11-,12+,13+,14-,15+,16-/m0/s1. The molecule has 0 aromatic carbocycles. The number of aliphatic hydroxyl groups excluding tert-OH is 3. The number of rotatable bonds is 3. The normalized spacial score (nSPS) is 49.4. The van der Waals surface area contributed by atoms with Crippen molar-refractivity contribution in [1.29, 1.82) is 0 Å². The molecule has 136 valence electrons. The second-order valence-electron chi connectivity index (χ2n) is 7.16. The maximum atomic E-state index is 10.1. The predicted octanol–water partition coefficient (Wildman–Crippen LogP) is -0.104. The highest BCUT2D eigenvalue weighted by Crippen LogP contribution is 2.30. The van der Waals surface area contributed by atoms with Crippen LogP contribution in [-0.2, 0) is 14.2 Å². The Labute approximate surface area is 137 Å². The van der Waals surface area contributed by atoms with Gasteiger partial charge in [-0.2, -0.15) is 0 Å². The van der Waals surface area contributed by atoms with Crippen LogP contribution in [0.1, 0.15) is 46.5 Å². The van der Waals surface area contributed by atoms with Gasteiger partial charge in [-0.05, 0) is 40.0 Å². The molecule has 2 aliphatic rings.